The first kappa shape index (κ1) is 23.9. The van der Waals surface area contributed by atoms with E-state index >= 15 is 0 Å². The smallest absolute Gasteiger partial charge is 0.253 e. The minimum Gasteiger partial charge on any atom is -0.497 e. The molecule has 0 aliphatic carbocycles. The highest BCUT2D eigenvalue weighted by Crippen LogP contribution is 2.39. The Balaban J connectivity index is 1.89. The Labute approximate surface area is 194 Å². The number of hydrogen-bond donors (Lipinski definition) is 1. The van der Waals surface area contributed by atoms with Crippen molar-refractivity contribution < 1.29 is 19.1 Å². The number of hydrogen-bond acceptors (Lipinski definition) is 4. The third-order valence-corrected chi connectivity index (χ3v) is 6.11. The predicted octanol–water partition coefficient (Wildman–Crippen LogP) is 4.38. The summed E-state index contributed by atoms with van der Waals surface area (Å²) in [6.45, 7) is 5.60. The Hall–Kier alpha value is -2.73. The van der Waals surface area contributed by atoms with Gasteiger partial charge in [-0.05, 0) is 36.6 Å². The quantitative estimate of drug-likeness (QED) is 0.637. The summed E-state index contributed by atoms with van der Waals surface area (Å²) in [5, 5.41) is 3.57. The third-order valence-electron chi connectivity index (χ3n) is 5.88. The van der Waals surface area contributed by atoms with Crippen molar-refractivity contribution >= 4 is 23.4 Å². The van der Waals surface area contributed by atoms with E-state index < -0.39 is 0 Å². The number of nitrogens with one attached hydrogen (secondary N) is 1. The lowest BCUT2D eigenvalue weighted by atomic mass is 9.87. The molecule has 3 rings (SSSR count). The van der Waals surface area contributed by atoms with Crippen LogP contribution in [0, 0.1) is 11.8 Å². The largest absolute Gasteiger partial charge is 0.497 e. The topological polar surface area (TPSA) is 67.9 Å². The molecule has 172 valence electrons. The molecule has 0 aromatic heterocycles. The molecular weight excluding hydrogens is 428 g/mol. The van der Waals surface area contributed by atoms with E-state index in [2.05, 4.69) is 19.2 Å². The second-order valence-electron chi connectivity index (χ2n) is 8.51. The van der Waals surface area contributed by atoms with E-state index in [4.69, 9.17) is 21.1 Å². The van der Waals surface area contributed by atoms with Crippen LogP contribution in [0.3, 0.4) is 0 Å². The molecule has 2 amide bonds. The Kier molecular flexibility index (Phi) is 8.02. The highest BCUT2D eigenvalue weighted by molar-refractivity contribution is 6.30. The standard InChI is InChI=1S/C25H31ClN2O4/c1-16(2)10-11-27-24(29)22-15-28(25(30)17-6-5-7-18(26)12-17)14-21(22)20-9-8-19(31-3)13-23(20)32-4/h5-9,12-13,16,21-22H,10-11,14-15H2,1-4H3,(H,27,29)/t21-,22-/m0/s1. The van der Waals surface area contributed by atoms with Gasteiger partial charge in [-0.25, -0.2) is 0 Å². The van der Waals surface area contributed by atoms with Gasteiger partial charge in [0.1, 0.15) is 11.5 Å². The van der Waals surface area contributed by atoms with E-state index in [0.29, 0.717) is 47.6 Å². The number of amides is 2. The first-order valence-electron chi connectivity index (χ1n) is 10.9. The van der Waals surface area contributed by atoms with Crippen molar-refractivity contribution in [2.45, 2.75) is 26.2 Å². The van der Waals surface area contributed by atoms with Gasteiger partial charge >= 0.3 is 0 Å². The van der Waals surface area contributed by atoms with Crippen LogP contribution in [0.1, 0.15) is 42.1 Å². The molecule has 1 aliphatic heterocycles. The van der Waals surface area contributed by atoms with Crippen LogP contribution in [0.2, 0.25) is 5.02 Å². The zero-order valence-corrected chi connectivity index (χ0v) is 19.8. The summed E-state index contributed by atoms with van der Waals surface area (Å²) < 4.78 is 10.9. The number of nitrogens with zero attached hydrogens (tertiary/aromatic N) is 1. The summed E-state index contributed by atoms with van der Waals surface area (Å²) in [6.07, 6.45) is 0.903. The molecule has 1 fully saturated rings. The van der Waals surface area contributed by atoms with E-state index in [9.17, 15) is 9.59 Å². The van der Waals surface area contributed by atoms with Crippen molar-refractivity contribution in [2.24, 2.45) is 11.8 Å². The van der Waals surface area contributed by atoms with Crippen LogP contribution in [0.5, 0.6) is 11.5 Å². The normalized spacial score (nSPS) is 18.0. The monoisotopic (exact) mass is 458 g/mol. The number of methoxy groups -OCH3 is 2. The van der Waals surface area contributed by atoms with Gasteiger partial charge in [-0.15, -0.1) is 0 Å². The summed E-state index contributed by atoms with van der Waals surface area (Å²) in [5.74, 6) is 1.06. The van der Waals surface area contributed by atoms with Crippen LogP contribution in [0.15, 0.2) is 42.5 Å². The fraction of sp³-hybridized carbons (Fsp3) is 0.440. The highest BCUT2D eigenvalue weighted by Gasteiger charge is 2.41. The van der Waals surface area contributed by atoms with Crippen molar-refractivity contribution in [3.05, 3.63) is 58.6 Å². The summed E-state index contributed by atoms with van der Waals surface area (Å²) >= 11 is 6.09. The molecule has 0 bridgehead atoms. The van der Waals surface area contributed by atoms with Crippen molar-refractivity contribution in [1.29, 1.82) is 0 Å². The minimum atomic E-state index is -0.382. The van der Waals surface area contributed by atoms with Gasteiger partial charge in [-0.3, -0.25) is 9.59 Å². The SMILES string of the molecule is COc1ccc([C@@H]2CN(C(=O)c3cccc(Cl)c3)C[C@@H]2C(=O)NCCC(C)C)c(OC)c1. The number of carbonyl (C=O) groups excluding carboxylic acids is 2. The molecule has 6 nitrogen and oxygen atoms in total. The molecule has 1 heterocycles. The van der Waals surface area contributed by atoms with E-state index in [1.54, 1.807) is 43.4 Å². The summed E-state index contributed by atoms with van der Waals surface area (Å²) in [5.41, 5.74) is 1.40. The Morgan fingerprint density at radius 2 is 1.91 bits per heavy atom. The van der Waals surface area contributed by atoms with Gasteiger partial charge in [0.15, 0.2) is 0 Å². The van der Waals surface area contributed by atoms with Gasteiger partial charge in [0, 0.05) is 47.8 Å². The molecule has 2 aromatic carbocycles. The van der Waals surface area contributed by atoms with Crippen LogP contribution in [-0.2, 0) is 4.79 Å². The first-order valence-corrected chi connectivity index (χ1v) is 11.3. The average molecular weight is 459 g/mol. The van der Waals surface area contributed by atoms with Crippen molar-refractivity contribution in [1.82, 2.24) is 10.2 Å². The van der Waals surface area contributed by atoms with Crippen molar-refractivity contribution in [2.75, 3.05) is 33.9 Å². The number of halogens is 1. The zero-order chi connectivity index (χ0) is 23.3. The lowest BCUT2D eigenvalue weighted by Gasteiger charge is -2.21. The van der Waals surface area contributed by atoms with Crippen LogP contribution in [-0.4, -0.2) is 50.6 Å². The molecule has 0 radical (unpaired) electrons. The zero-order valence-electron chi connectivity index (χ0n) is 19.1. The molecule has 0 saturated carbocycles. The third kappa shape index (κ3) is 5.54. The van der Waals surface area contributed by atoms with Gasteiger partial charge in [0.2, 0.25) is 5.91 Å². The summed E-state index contributed by atoms with van der Waals surface area (Å²) in [7, 11) is 3.19. The molecular formula is C25H31ClN2O4. The van der Waals surface area contributed by atoms with Gasteiger partial charge in [-0.2, -0.15) is 0 Å². The van der Waals surface area contributed by atoms with Crippen molar-refractivity contribution in [3.63, 3.8) is 0 Å². The van der Waals surface area contributed by atoms with E-state index in [1.165, 1.54) is 0 Å². The van der Waals surface area contributed by atoms with Gasteiger partial charge in [0.05, 0.1) is 20.1 Å². The molecule has 32 heavy (non-hydrogen) atoms. The van der Waals surface area contributed by atoms with Gasteiger partial charge in [0.25, 0.3) is 5.91 Å². The lowest BCUT2D eigenvalue weighted by Crippen LogP contribution is -2.36. The Bertz CT molecular complexity index is 963. The maximum absolute atomic E-state index is 13.2. The second-order valence-corrected chi connectivity index (χ2v) is 8.95. The highest BCUT2D eigenvalue weighted by atomic mass is 35.5. The molecule has 0 unspecified atom stereocenters. The summed E-state index contributed by atoms with van der Waals surface area (Å²) in [4.78, 5) is 28.1. The van der Waals surface area contributed by atoms with Crippen LogP contribution in [0.25, 0.3) is 0 Å². The van der Waals surface area contributed by atoms with Crippen LogP contribution >= 0.6 is 11.6 Å². The molecule has 1 N–H and O–H groups in total. The maximum Gasteiger partial charge on any atom is 0.253 e. The number of benzene rings is 2. The maximum atomic E-state index is 13.2. The Morgan fingerprint density at radius 1 is 1.12 bits per heavy atom. The molecule has 2 atom stereocenters. The fourth-order valence-electron chi connectivity index (χ4n) is 4.09. The second kappa shape index (κ2) is 10.7. The van der Waals surface area contributed by atoms with E-state index in [-0.39, 0.29) is 23.7 Å². The van der Waals surface area contributed by atoms with E-state index in [1.807, 2.05) is 18.2 Å². The first-order chi connectivity index (χ1) is 15.3. The molecule has 1 aliphatic rings. The lowest BCUT2D eigenvalue weighted by molar-refractivity contribution is -0.124. The van der Waals surface area contributed by atoms with Crippen LogP contribution in [0.4, 0.5) is 0 Å². The predicted molar refractivity (Wildman–Crippen MR) is 126 cm³/mol. The number of likely N-dealkylation sites (tertiary alicyclic amines) is 1. The average Bonchev–Trinajstić information content (AvgIpc) is 3.23. The van der Waals surface area contributed by atoms with Crippen molar-refractivity contribution in [3.8, 4) is 11.5 Å². The summed E-state index contributed by atoms with van der Waals surface area (Å²) in [6, 6.07) is 12.5. The number of carbonyl (C=O) groups is 2. The molecule has 2 aromatic rings. The molecule has 7 heteroatoms. The fourth-order valence-corrected chi connectivity index (χ4v) is 4.28. The van der Waals surface area contributed by atoms with Crippen LogP contribution < -0.4 is 14.8 Å². The number of ether oxygens (including phenoxy) is 2. The Morgan fingerprint density at radius 3 is 2.56 bits per heavy atom. The van der Waals surface area contributed by atoms with Gasteiger partial charge in [-0.1, -0.05) is 37.6 Å². The number of rotatable bonds is 8. The van der Waals surface area contributed by atoms with Gasteiger partial charge < -0.3 is 19.7 Å². The van der Waals surface area contributed by atoms with E-state index in [0.717, 1.165) is 12.0 Å². The molecule has 1 saturated heterocycles. The minimum absolute atomic E-state index is 0.0464. The molecule has 0 spiro atoms.